The number of benzene rings is 1. The van der Waals surface area contributed by atoms with E-state index in [0.717, 1.165) is 17.5 Å². The van der Waals surface area contributed by atoms with Crippen LogP contribution in [0.2, 0.25) is 0 Å². The fraction of sp³-hybridized carbons (Fsp3) is 0.400. The zero-order valence-electron chi connectivity index (χ0n) is 16.3. The van der Waals surface area contributed by atoms with E-state index >= 15 is 0 Å². The molecule has 0 aliphatic rings. The molecule has 2 heterocycles. The Balaban J connectivity index is 1.91. The van der Waals surface area contributed by atoms with Gasteiger partial charge in [0.25, 0.3) is 5.56 Å². The minimum absolute atomic E-state index is 0.0491. The average molecular weight is 383 g/mol. The van der Waals surface area contributed by atoms with Crippen LogP contribution in [-0.2, 0) is 6.61 Å². The van der Waals surface area contributed by atoms with E-state index in [9.17, 15) is 9.90 Å². The van der Waals surface area contributed by atoms with Crippen molar-refractivity contribution in [3.8, 4) is 6.01 Å². The lowest BCUT2D eigenvalue weighted by atomic mass is 10.0. The standard InChI is InChI=1S/C20H25N5O3/c1-12(2)7-15(10-26)22-18-17-19(23-16(27)9-21-17)25-20(24-18)28-11-14-6-4-5-13(3)8-14/h4-6,8-9,12,15,26H,7,10-11H2,1-3H3,(H2,22,23,24,25,27)/t15-/m1/s1. The van der Waals surface area contributed by atoms with Gasteiger partial charge in [0, 0.05) is 0 Å². The van der Waals surface area contributed by atoms with Gasteiger partial charge in [0.05, 0.1) is 18.8 Å². The molecule has 0 fully saturated rings. The molecule has 0 unspecified atom stereocenters. The van der Waals surface area contributed by atoms with Crippen LogP contribution in [-0.4, -0.2) is 37.7 Å². The molecule has 1 aromatic carbocycles. The van der Waals surface area contributed by atoms with Crippen LogP contribution in [0.4, 0.5) is 5.82 Å². The molecule has 0 radical (unpaired) electrons. The molecule has 28 heavy (non-hydrogen) atoms. The summed E-state index contributed by atoms with van der Waals surface area (Å²) in [6, 6.07) is 7.88. The molecule has 0 aliphatic heterocycles. The molecule has 0 saturated heterocycles. The Kier molecular flexibility index (Phi) is 6.20. The van der Waals surface area contributed by atoms with Crippen molar-refractivity contribution in [3.05, 3.63) is 51.9 Å². The smallest absolute Gasteiger partial charge is 0.320 e. The predicted molar refractivity (Wildman–Crippen MR) is 107 cm³/mol. The third-order valence-electron chi connectivity index (χ3n) is 4.18. The zero-order chi connectivity index (χ0) is 20.1. The summed E-state index contributed by atoms with van der Waals surface area (Å²) in [5.41, 5.74) is 2.47. The molecule has 3 N–H and O–H groups in total. The topological polar surface area (TPSA) is 113 Å². The highest BCUT2D eigenvalue weighted by Crippen LogP contribution is 2.21. The zero-order valence-corrected chi connectivity index (χ0v) is 16.3. The van der Waals surface area contributed by atoms with Crippen LogP contribution < -0.4 is 15.6 Å². The van der Waals surface area contributed by atoms with Crippen LogP contribution in [0.1, 0.15) is 31.4 Å². The highest BCUT2D eigenvalue weighted by atomic mass is 16.5. The number of nitrogens with zero attached hydrogens (tertiary/aromatic N) is 3. The normalized spacial score (nSPS) is 12.3. The van der Waals surface area contributed by atoms with E-state index < -0.39 is 0 Å². The van der Waals surface area contributed by atoms with Gasteiger partial charge in [-0.2, -0.15) is 9.97 Å². The summed E-state index contributed by atoms with van der Waals surface area (Å²) < 4.78 is 5.76. The Labute approximate surface area is 163 Å². The van der Waals surface area contributed by atoms with Crippen molar-refractivity contribution in [2.75, 3.05) is 11.9 Å². The molecule has 8 nitrogen and oxygen atoms in total. The average Bonchev–Trinajstić information content (AvgIpc) is 2.65. The van der Waals surface area contributed by atoms with Gasteiger partial charge in [0.15, 0.2) is 11.5 Å². The number of ether oxygens (including phenoxy) is 1. The maximum Gasteiger partial charge on any atom is 0.320 e. The third-order valence-corrected chi connectivity index (χ3v) is 4.18. The summed E-state index contributed by atoms with van der Waals surface area (Å²) in [5.74, 6) is 0.808. The van der Waals surface area contributed by atoms with Crippen molar-refractivity contribution in [1.82, 2.24) is 19.9 Å². The summed E-state index contributed by atoms with van der Waals surface area (Å²) >= 11 is 0. The van der Waals surface area contributed by atoms with Crippen molar-refractivity contribution in [3.63, 3.8) is 0 Å². The number of aliphatic hydroxyl groups excluding tert-OH is 1. The second kappa shape index (κ2) is 8.79. The molecule has 0 spiro atoms. The molecule has 0 aliphatic carbocycles. The number of nitrogens with one attached hydrogen (secondary N) is 2. The molecule has 3 aromatic rings. The van der Waals surface area contributed by atoms with Gasteiger partial charge in [-0.1, -0.05) is 43.7 Å². The van der Waals surface area contributed by atoms with E-state index in [1.54, 1.807) is 0 Å². The first kappa shape index (κ1) is 19.8. The summed E-state index contributed by atoms with van der Waals surface area (Å²) in [6.45, 7) is 6.42. The van der Waals surface area contributed by atoms with Gasteiger partial charge < -0.3 is 20.1 Å². The van der Waals surface area contributed by atoms with E-state index in [1.807, 2.05) is 31.2 Å². The molecule has 2 aromatic heterocycles. The number of aryl methyl sites for hydroxylation is 1. The first-order chi connectivity index (χ1) is 13.4. The van der Waals surface area contributed by atoms with Crippen molar-refractivity contribution in [2.45, 2.75) is 39.8 Å². The molecule has 3 rings (SSSR count). The summed E-state index contributed by atoms with van der Waals surface area (Å²) in [4.78, 5) is 27.2. The van der Waals surface area contributed by atoms with Crippen LogP contribution in [0.25, 0.3) is 11.2 Å². The van der Waals surface area contributed by atoms with E-state index in [1.165, 1.54) is 6.20 Å². The van der Waals surface area contributed by atoms with Gasteiger partial charge in [0.1, 0.15) is 12.1 Å². The number of aromatic nitrogens is 4. The monoisotopic (exact) mass is 383 g/mol. The molecule has 0 saturated carbocycles. The maximum absolute atomic E-state index is 11.7. The lowest BCUT2D eigenvalue weighted by Crippen LogP contribution is -2.26. The van der Waals surface area contributed by atoms with Gasteiger partial charge in [-0.3, -0.25) is 4.79 Å². The minimum atomic E-state index is -0.359. The fourth-order valence-corrected chi connectivity index (χ4v) is 2.97. The van der Waals surface area contributed by atoms with Gasteiger partial charge >= 0.3 is 6.01 Å². The molecule has 8 heteroatoms. The van der Waals surface area contributed by atoms with Gasteiger partial charge in [-0.05, 0) is 24.8 Å². The first-order valence-corrected chi connectivity index (χ1v) is 9.27. The van der Waals surface area contributed by atoms with Crippen LogP contribution in [0, 0.1) is 12.8 Å². The molecule has 148 valence electrons. The highest BCUT2D eigenvalue weighted by Gasteiger charge is 2.16. The van der Waals surface area contributed by atoms with E-state index in [-0.39, 0.29) is 29.9 Å². The molecule has 0 bridgehead atoms. The number of fused-ring (bicyclic) bond motifs is 1. The first-order valence-electron chi connectivity index (χ1n) is 9.27. The molecular weight excluding hydrogens is 358 g/mol. The number of hydrogen-bond acceptors (Lipinski definition) is 7. The van der Waals surface area contributed by atoms with Crippen molar-refractivity contribution in [2.24, 2.45) is 5.92 Å². The highest BCUT2D eigenvalue weighted by molar-refractivity contribution is 5.82. The largest absolute Gasteiger partial charge is 0.458 e. The molecule has 1 atom stereocenters. The second-order valence-corrected chi connectivity index (χ2v) is 7.23. The summed E-state index contributed by atoms with van der Waals surface area (Å²) in [5, 5.41) is 12.9. The Hall–Kier alpha value is -3.00. The Morgan fingerprint density at radius 1 is 1.29 bits per heavy atom. The van der Waals surface area contributed by atoms with Gasteiger partial charge in [0.2, 0.25) is 0 Å². The fourth-order valence-electron chi connectivity index (χ4n) is 2.97. The van der Waals surface area contributed by atoms with Gasteiger partial charge in [-0.15, -0.1) is 0 Å². The SMILES string of the molecule is Cc1cccc(COc2nc(N[C@@H](CO)CC(C)C)c3ncc(=O)[nH]c3n2)c1. The van der Waals surface area contributed by atoms with E-state index in [0.29, 0.717) is 23.9 Å². The van der Waals surface area contributed by atoms with E-state index in [2.05, 4.69) is 39.1 Å². The number of H-pyrrole nitrogens is 1. The number of rotatable bonds is 8. The summed E-state index contributed by atoms with van der Waals surface area (Å²) in [6.07, 6.45) is 1.94. The summed E-state index contributed by atoms with van der Waals surface area (Å²) in [7, 11) is 0. The predicted octanol–water partition coefficient (Wildman–Crippen LogP) is 2.42. The number of aliphatic hydroxyl groups is 1. The number of aromatic amines is 1. The van der Waals surface area contributed by atoms with Crippen LogP contribution in [0.3, 0.4) is 0 Å². The Bertz CT molecular complexity index is 1000. The maximum atomic E-state index is 11.7. The van der Waals surface area contributed by atoms with Crippen LogP contribution in [0.5, 0.6) is 6.01 Å². The molecular formula is C20H25N5O3. The Morgan fingerprint density at radius 3 is 2.82 bits per heavy atom. The number of hydrogen-bond donors (Lipinski definition) is 3. The van der Waals surface area contributed by atoms with Crippen LogP contribution in [0.15, 0.2) is 35.3 Å². The minimum Gasteiger partial charge on any atom is -0.458 e. The number of anilines is 1. The Morgan fingerprint density at radius 2 is 2.11 bits per heavy atom. The van der Waals surface area contributed by atoms with Crippen LogP contribution >= 0.6 is 0 Å². The van der Waals surface area contributed by atoms with Gasteiger partial charge in [-0.25, -0.2) is 4.98 Å². The molecule has 0 amide bonds. The van der Waals surface area contributed by atoms with Crippen molar-refractivity contribution < 1.29 is 9.84 Å². The lowest BCUT2D eigenvalue weighted by Gasteiger charge is -2.19. The van der Waals surface area contributed by atoms with Crippen molar-refractivity contribution >= 4 is 17.0 Å². The quantitative estimate of drug-likeness (QED) is 0.547. The lowest BCUT2D eigenvalue weighted by molar-refractivity contribution is 0.258. The third kappa shape index (κ3) is 5.04. The van der Waals surface area contributed by atoms with E-state index in [4.69, 9.17) is 4.74 Å². The second-order valence-electron chi connectivity index (χ2n) is 7.23. The van der Waals surface area contributed by atoms with Crippen molar-refractivity contribution in [1.29, 1.82) is 0 Å².